The molecule has 0 saturated heterocycles. The molecule has 106 valence electrons. The summed E-state index contributed by atoms with van der Waals surface area (Å²) in [5, 5.41) is 18.6. The Morgan fingerprint density at radius 2 is 2.32 bits per heavy atom. The highest BCUT2D eigenvalue weighted by atomic mass is 16.6. The van der Waals surface area contributed by atoms with Crippen LogP contribution < -0.4 is 5.32 Å². The van der Waals surface area contributed by atoms with Crippen LogP contribution in [0.2, 0.25) is 0 Å². The van der Waals surface area contributed by atoms with Gasteiger partial charge >= 0.3 is 5.69 Å². The van der Waals surface area contributed by atoms with Crippen LogP contribution in [-0.4, -0.2) is 34.0 Å². The van der Waals surface area contributed by atoms with Gasteiger partial charge in [0, 0.05) is 19.7 Å². The highest BCUT2D eigenvalue weighted by molar-refractivity contribution is 5.60. The summed E-state index contributed by atoms with van der Waals surface area (Å²) in [6.07, 6.45) is 3.07. The van der Waals surface area contributed by atoms with Gasteiger partial charge in [-0.25, -0.2) is 4.68 Å². The van der Waals surface area contributed by atoms with E-state index in [1.807, 2.05) is 6.92 Å². The summed E-state index contributed by atoms with van der Waals surface area (Å²) in [7, 11) is 1.70. The van der Waals surface area contributed by atoms with Crippen LogP contribution in [0.3, 0.4) is 0 Å². The Bertz CT molecular complexity index is 472. The first-order chi connectivity index (χ1) is 9.06. The third-order valence-electron chi connectivity index (χ3n) is 3.64. The first-order valence-electron chi connectivity index (χ1n) is 6.57. The highest BCUT2D eigenvalue weighted by Crippen LogP contribution is 2.32. The van der Waals surface area contributed by atoms with Crippen molar-refractivity contribution in [3.05, 3.63) is 15.8 Å². The maximum Gasteiger partial charge on any atom is 0.333 e. The molecular formula is C12H20N4O3. The number of hydrogen-bond acceptors (Lipinski definition) is 5. The fourth-order valence-electron chi connectivity index (χ4n) is 2.64. The predicted octanol–water partition coefficient (Wildman–Crippen LogP) is 2.10. The van der Waals surface area contributed by atoms with Crippen molar-refractivity contribution in [1.29, 1.82) is 0 Å². The van der Waals surface area contributed by atoms with Crippen molar-refractivity contribution in [1.82, 2.24) is 9.78 Å². The Morgan fingerprint density at radius 3 is 2.84 bits per heavy atom. The van der Waals surface area contributed by atoms with Crippen LogP contribution in [0, 0.1) is 17.0 Å². The molecule has 0 spiro atoms. The summed E-state index contributed by atoms with van der Waals surface area (Å²) >= 11 is 0. The number of methoxy groups -OCH3 is 1. The average Bonchev–Trinajstić information content (AvgIpc) is 2.94. The minimum Gasteiger partial charge on any atom is -0.381 e. The fraction of sp³-hybridized carbons (Fsp3) is 0.750. The van der Waals surface area contributed by atoms with Gasteiger partial charge < -0.3 is 10.1 Å². The van der Waals surface area contributed by atoms with E-state index in [2.05, 4.69) is 10.4 Å². The van der Waals surface area contributed by atoms with Crippen molar-refractivity contribution in [2.45, 2.75) is 51.8 Å². The summed E-state index contributed by atoms with van der Waals surface area (Å²) in [5.74, 6) is 0.520. The van der Waals surface area contributed by atoms with Crippen LogP contribution in [0.5, 0.6) is 0 Å². The molecule has 1 aromatic heterocycles. The maximum atomic E-state index is 11.2. The lowest BCUT2D eigenvalue weighted by Gasteiger charge is -2.14. The second-order valence-electron chi connectivity index (χ2n) is 4.87. The molecule has 19 heavy (non-hydrogen) atoms. The Balaban J connectivity index is 2.21. The third kappa shape index (κ3) is 2.70. The summed E-state index contributed by atoms with van der Waals surface area (Å²) < 4.78 is 6.98. The molecule has 0 radical (unpaired) electrons. The second kappa shape index (κ2) is 5.56. The number of nitro groups is 1. The van der Waals surface area contributed by atoms with Gasteiger partial charge in [-0.2, -0.15) is 5.10 Å². The van der Waals surface area contributed by atoms with E-state index in [9.17, 15) is 10.1 Å². The topological polar surface area (TPSA) is 82.2 Å². The molecule has 0 bridgehead atoms. The number of nitrogens with zero attached hydrogens (tertiary/aromatic N) is 3. The predicted molar refractivity (Wildman–Crippen MR) is 71.4 cm³/mol. The quantitative estimate of drug-likeness (QED) is 0.653. The van der Waals surface area contributed by atoms with Crippen LogP contribution >= 0.6 is 0 Å². The van der Waals surface area contributed by atoms with Crippen LogP contribution in [0.15, 0.2) is 0 Å². The molecule has 1 saturated carbocycles. The van der Waals surface area contributed by atoms with Gasteiger partial charge in [-0.05, 0) is 33.1 Å². The Labute approximate surface area is 112 Å². The maximum absolute atomic E-state index is 11.2. The Hall–Kier alpha value is -1.63. The molecule has 1 heterocycles. The highest BCUT2D eigenvalue weighted by Gasteiger charge is 2.30. The van der Waals surface area contributed by atoms with E-state index in [1.165, 1.54) is 0 Å². The molecule has 7 nitrogen and oxygen atoms in total. The van der Waals surface area contributed by atoms with Gasteiger partial charge in [-0.1, -0.05) is 0 Å². The number of aryl methyl sites for hydroxylation is 2. The lowest BCUT2D eigenvalue weighted by atomic mass is 10.2. The van der Waals surface area contributed by atoms with E-state index >= 15 is 0 Å². The van der Waals surface area contributed by atoms with Crippen molar-refractivity contribution in [3.63, 3.8) is 0 Å². The van der Waals surface area contributed by atoms with Crippen LogP contribution in [-0.2, 0) is 11.3 Å². The molecule has 1 aliphatic rings. The van der Waals surface area contributed by atoms with Crippen molar-refractivity contribution < 1.29 is 9.66 Å². The average molecular weight is 268 g/mol. The number of ether oxygens (including phenoxy) is 1. The number of aromatic nitrogens is 2. The van der Waals surface area contributed by atoms with Crippen molar-refractivity contribution in [3.8, 4) is 0 Å². The fourth-order valence-corrected chi connectivity index (χ4v) is 2.64. The van der Waals surface area contributed by atoms with Crippen molar-refractivity contribution in [2.75, 3.05) is 12.4 Å². The van der Waals surface area contributed by atoms with Gasteiger partial charge in [-0.3, -0.25) is 10.1 Å². The molecular weight excluding hydrogens is 248 g/mol. The van der Waals surface area contributed by atoms with Gasteiger partial charge in [-0.15, -0.1) is 0 Å². The van der Waals surface area contributed by atoms with Gasteiger partial charge in [0.1, 0.15) is 5.69 Å². The lowest BCUT2D eigenvalue weighted by molar-refractivity contribution is -0.384. The monoisotopic (exact) mass is 268 g/mol. The molecule has 0 aromatic carbocycles. The molecule has 2 unspecified atom stereocenters. The van der Waals surface area contributed by atoms with Gasteiger partial charge in [0.05, 0.1) is 11.0 Å². The van der Waals surface area contributed by atoms with E-state index in [-0.39, 0.29) is 22.8 Å². The van der Waals surface area contributed by atoms with Crippen LogP contribution in [0.25, 0.3) is 0 Å². The van der Waals surface area contributed by atoms with Crippen LogP contribution in [0.1, 0.15) is 31.9 Å². The molecule has 2 rings (SSSR count). The summed E-state index contributed by atoms with van der Waals surface area (Å²) in [4.78, 5) is 10.8. The number of rotatable bonds is 5. The standard InChI is InChI=1S/C12H20N4O3/c1-4-15-12(11(16(17)18)8(2)14-15)13-9-5-6-10(7-9)19-3/h9-10,13H,4-7H2,1-3H3. The molecule has 2 atom stereocenters. The normalized spacial score (nSPS) is 22.7. The van der Waals surface area contributed by atoms with Gasteiger partial charge in [0.15, 0.2) is 0 Å². The van der Waals surface area contributed by atoms with E-state index in [0.717, 1.165) is 19.3 Å². The summed E-state index contributed by atoms with van der Waals surface area (Å²) in [6, 6.07) is 0.213. The minimum absolute atomic E-state index is 0.0858. The lowest BCUT2D eigenvalue weighted by Crippen LogP contribution is -2.20. The SMILES string of the molecule is CCn1nc(C)c([N+](=O)[O-])c1NC1CCC(OC)C1. The number of anilines is 1. The Morgan fingerprint density at radius 1 is 1.58 bits per heavy atom. The molecule has 0 amide bonds. The van der Waals surface area contributed by atoms with Crippen molar-refractivity contribution >= 4 is 11.5 Å². The molecule has 1 aromatic rings. The summed E-state index contributed by atoms with van der Waals surface area (Å²) in [5.41, 5.74) is 0.540. The molecule has 1 fully saturated rings. The molecule has 1 N–H and O–H groups in total. The summed E-state index contributed by atoms with van der Waals surface area (Å²) in [6.45, 7) is 4.20. The molecule has 1 aliphatic carbocycles. The molecule has 7 heteroatoms. The largest absolute Gasteiger partial charge is 0.381 e. The van der Waals surface area contributed by atoms with E-state index in [4.69, 9.17) is 4.74 Å². The zero-order valence-electron chi connectivity index (χ0n) is 11.5. The number of nitrogens with one attached hydrogen (secondary N) is 1. The first kappa shape index (κ1) is 13.8. The van der Waals surface area contributed by atoms with Gasteiger partial charge in [0.25, 0.3) is 0 Å². The first-order valence-corrected chi connectivity index (χ1v) is 6.57. The van der Waals surface area contributed by atoms with Crippen LogP contribution in [0.4, 0.5) is 11.5 Å². The minimum atomic E-state index is -0.362. The zero-order chi connectivity index (χ0) is 14.0. The Kier molecular flexibility index (Phi) is 4.04. The van der Waals surface area contributed by atoms with Crippen molar-refractivity contribution in [2.24, 2.45) is 0 Å². The van der Waals surface area contributed by atoms with E-state index in [0.29, 0.717) is 18.1 Å². The van der Waals surface area contributed by atoms with E-state index in [1.54, 1.807) is 18.7 Å². The number of hydrogen-bond donors (Lipinski definition) is 1. The second-order valence-corrected chi connectivity index (χ2v) is 4.87. The van der Waals surface area contributed by atoms with E-state index < -0.39 is 0 Å². The molecule has 0 aliphatic heterocycles. The zero-order valence-corrected chi connectivity index (χ0v) is 11.5. The van der Waals surface area contributed by atoms with Gasteiger partial charge in [0.2, 0.25) is 5.82 Å². The third-order valence-corrected chi connectivity index (χ3v) is 3.64. The smallest absolute Gasteiger partial charge is 0.333 e.